The molecule has 0 aliphatic carbocycles. The van der Waals surface area contributed by atoms with Gasteiger partial charge in [-0.3, -0.25) is 0 Å². The van der Waals surface area contributed by atoms with E-state index in [2.05, 4.69) is 0 Å². The van der Waals surface area contributed by atoms with Crippen LogP contribution in [0.5, 0.6) is 0 Å². The monoisotopic (exact) mass is 211 g/mol. The van der Waals surface area contributed by atoms with Crippen molar-refractivity contribution in [3.05, 3.63) is 4.91 Å². The first kappa shape index (κ1) is 10.6. The van der Waals surface area contributed by atoms with E-state index < -0.39 is 16.7 Å². The Hall–Kier alpha value is -0.392. The van der Waals surface area contributed by atoms with Gasteiger partial charge >= 0.3 is 31.1 Å². The van der Waals surface area contributed by atoms with Gasteiger partial charge in [0.15, 0.2) is 5.34 Å². The van der Waals surface area contributed by atoms with Crippen LogP contribution in [-0.4, -0.2) is 12.7 Å². The Bertz CT molecular complexity index is 123. The second-order valence-electron chi connectivity index (χ2n) is 0.529. The molecule has 0 radical (unpaired) electrons. The molecular weight excluding hydrogens is 206 g/mol. The minimum atomic E-state index is -5.52. The van der Waals surface area contributed by atoms with Gasteiger partial charge in [-0.1, -0.05) is 0 Å². The number of hydrogen-bond acceptors (Lipinski definition) is 4. The van der Waals surface area contributed by atoms with E-state index in [4.69, 9.17) is 24.4 Å². The summed E-state index contributed by atoms with van der Waals surface area (Å²) >= 11 is -5.52. The van der Waals surface area contributed by atoms with E-state index in [1.807, 2.05) is 0 Å². The molecule has 0 aromatic rings. The van der Waals surface area contributed by atoms with Crippen LogP contribution in [0.25, 0.3) is 0 Å². The van der Waals surface area contributed by atoms with E-state index in [-0.39, 0.29) is 0 Å². The van der Waals surface area contributed by atoms with Crippen molar-refractivity contribution in [3.63, 3.8) is 0 Å². The quantitative estimate of drug-likeness (QED) is 0.261. The van der Waals surface area contributed by atoms with Crippen LogP contribution in [0.3, 0.4) is 0 Å². The van der Waals surface area contributed by atoms with Gasteiger partial charge in [0.2, 0.25) is 0 Å². The summed E-state index contributed by atoms with van der Waals surface area (Å²) in [6.07, 6.45) is 0. The van der Waals surface area contributed by atoms with Crippen molar-refractivity contribution < 1.29 is 36.3 Å². The SMILES string of the molecule is O=NO.[O]=[Mo](=[O])([OH])[OH]. The summed E-state index contributed by atoms with van der Waals surface area (Å²) in [4.78, 5) is 8.11. The molecule has 0 rings (SSSR count). The molecule has 0 bridgehead atoms. The molecular formula is H3MoNO6. The van der Waals surface area contributed by atoms with Crippen molar-refractivity contribution in [2.75, 3.05) is 0 Å². The van der Waals surface area contributed by atoms with Crippen molar-refractivity contribution in [2.45, 2.75) is 0 Å². The zero-order valence-corrected chi connectivity index (χ0v) is 5.43. The van der Waals surface area contributed by atoms with E-state index in [0.717, 1.165) is 0 Å². The van der Waals surface area contributed by atoms with Crippen molar-refractivity contribution >= 4 is 0 Å². The molecule has 0 aliphatic rings. The molecule has 0 unspecified atom stereocenters. The third kappa shape index (κ3) is 776. The third-order valence-corrected chi connectivity index (χ3v) is 0. The van der Waals surface area contributed by atoms with Gasteiger partial charge in [-0.05, 0) is 0 Å². The maximum atomic E-state index is 8.85. The molecule has 7 nitrogen and oxygen atoms in total. The van der Waals surface area contributed by atoms with E-state index in [0.29, 0.717) is 0 Å². The van der Waals surface area contributed by atoms with Gasteiger partial charge in [0.1, 0.15) is 0 Å². The van der Waals surface area contributed by atoms with Gasteiger partial charge in [0.05, 0.1) is 0 Å². The van der Waals surface area contributed by atoms with Crippen LogP contribution in [0.15, 0.2) is 5.34 Å². The molecule has 0 aromatic carbocycles. The summed E-state index contributed by atoms with van der Waals surface area (Å²) in [7, 11) is 0. The molecule has 50 valence electrons. The Morgan fingerprint density at radius 1 is 1.25 bits per heavy atom. The Kier molecular flexibility index (Phi) is 6.28. The molecule has 0 aliphatic heterocycles. The van der Waals surface area contributed by atoms with Gasteiger partial charge in [0.25, 0.3) is 0 Å². The van der Waals surface area contributed by atoms with Crippen LogP contribution in [0, 0.1) is 4.91 Å². The number of rotatable bonds is 0. The fourth-order valence-corrected chi connectivity index (χ4v) is 0. The average molecular weight is 209 g/mol. The Labute approximate surface area is 47.2 Å². The summed E-state index contributed by atoms with van der Waals surface area (Å²) in [6, 6.07) is 0. The van der Waals surface area contributed by atoms with E-state index >= 15 is 0 Å². The molecule has 0 amide bonds. The molecule has 0 atom stereocenters. The average Bonchev–Trinajstić information content (AvgIpc) is 1.27. The van der Waals surface area contributed by atoms with Gasteiger partial charge in [0, 0.05) is 0 Å². The second-order valence-corrected chi connectivity index (χ2v) is 2.73. The Morgan fingerprint density at radius 2 is 1.25 bits per heavy atom. The van der Waals surface area contributed by atoms with Crippen molar-refractivity contribution in [3.8, 4) is 0 Å². The summed E-state index contributed by atoms with van der Waals surface area (Å²) in [5, 5.41) is 7.89. The second kappa shape index (κ2) is 4.76. The van der Waals surface area contributed by atoms with Crippen molar-refractivity contribution in [2.24, 2.45) is 5.34 Å². The van der Waals surface area contributed by atoms with Gasteiger partial charge < -0.3 is 5.21 Å². The summed E-state index contributed by atoms with van der Waals surface area (Å²) < 4.78 is 32.0. The van der Waals surface area contributed by atoms with Crippen LogP contribution < -0.4 is 0 Å². The van der Waals surface area contributed by atoms with Crippen LogP contribution >= 0.6 is 0 Å². The van der Waals surface area contributed by atoms with Gasteiger partial charge in [-0.15, -0.1) is 4.91 Å². The Balaban J connectivity index is 0. The van der Waals surface area contributed by atoms with Crippen LogP contribution in [0.2, 0.25) is 0 Å². The van der Waals surface area contributed by atoms with Crippen molar-refractivity contribution in [1.29, 1.82) is 0 Å². The Morgan fingerprint density at radius 3 is 1.25 bits per heavy atom. The fraction of sp³-hybridized carbons (Fsp3) is 0. The molecule has 0 saturated heterocycles. The first-order valence-electron chi connectivity index (χ1n) is 1.08. The summed E-state index contributed by atoms with van der Waals surface area (Å²) in [5.74, 6) is 0. The van der Waals surface area contributed by atoms with Gasteiger partial charge in [-0.2, -0.15) is 0 Å². The fourth-order valence-electron chi connectivity index (χ4n) is 0. The van der Waals surface area contributed by atoms with Crippen molar-refractivity contribution in [1.82, 2.24) is 0 Å². The van der Waals surface area contributed by atoms with E-state index in [1.54, 1.807) is 0 Å². The van der Waals surface area contributed by atoms with E-state index in [9.17, 15) is 0 Å². The maximum absolute atomic E-state index is 8.85. The normalized spacial score (nSPS) is 8.75. The molecule has 0 heterocycles. The first-order chi connectivity index (χ1) is 3.41. The first-order valence-corrected chi connectivity index (χ1v) is 4.51. The molecule has 0 aromatic heterocycles. The molecule has 8 heteroatoms. The van der Waals surface area contributed by atoms with Crippen LogP contribution in [0.1, 0.15) is 0 Å². The van der Waals surface area contributed by atoms with E-state index in [1.165, 1.54) is 5.34 Å². The van der Waals surface area contributed by atoms with Gasteiger partial charge in [-0.25, -0.2) is 0 Å². The molecule has 0 saturated carbocycles. The predicted octanol–water partition coefficient (Wildman–Crippen LogP) is -1.21. The van der Waals surface area contributed by atoms with Crippen LogP contribution in [-0.2, 0) is 23.5 Å². The third-order valence-electron chi connectivity index (χ3n) is 0. The number of nitrogens with zero attached hydrogens (tertiary/aromatic N) is 1. The molecule has 0 spiro atoms. The topological polar surface area (TPSA) is 124 Å². The summed E-state index contributed by atoms with van der Waals surface area (Å²) in [5.41, 5.74) is 0. The summed E-state index contributed by atoms with van der Waals surface area (Å²) in [6.45, 7) is 0. The molecule has 3 N–H and O–H groups in total. The minimum absolute atomic E-state index is 1.25. The predicted molar refractivity (Wildman–Crippen MR) is 13.4 cm³/mol. The number of hydrogen-bond donors (Lipinski definition) is 3. The molecule has 0 fully saturated rings. The van der Waals surface area contributed by atoms with Crippen LogP contribution in [0.4, 0.5) is 0 Å². The standard InChI is InChI=1S/Mo.HNO2.2H2O.2O/c;2-1-3;;;;/h;(H,2,3);2*1H2;;/q+2;;;;;/p-2. The zero-order valence-electron chi connectivity index (χ0n) is 3.42. The molecule has 8 heavy (non-hydrogen) atoms. The zero-order chi connectivity index (χ0) is 7.21.